The van der Waals surface area contributed by atoms with Crippen molar-refractivity contribution in [2.45, 2.75) is 83.1 Å². The highest BCUT2D eigenvalue weighted by Gasteiger charge is 2.40. The van der Waals surface area contributed by atoms with E-state index < -0.39 is 5.60 Å². The molecule has 7 heteroatoms. The van der Waals surface area contributed by atoms with Crippen molar-refractivity contribution in [3.8, 4) is 0 Å². The molecule has 2 atom stereocenters. The fourth-order valence-electron chi connectivity index (χ4n) is 3.97. The molecule has 0 radical (unpaired) electrons. The number of nitrogens with zero attached hydrogens (tertiary/aromatic N) is 1. The maximum Gasteiger partial charge on any atom is 0.410 e. The molecule has 0 bridgehead atoms. The second-order valence-electron chi connectivity index (χ2n) is 8.56. The predicted octanol–water partition coefficient (Wildman–Crippen LogP) is 3.15. The minimum atomic E-state index is -0.533. The Morgan fingerprint density at radius 3 is 2.04 bits per heavy atom. The molecule has 0 aromatic heterocycles. The van der Waals surface area contributed by atoms with Crippen LogP contribution in [0.5, 0.6) is 0 Å². The van der Waals surface area contributed by atoms with Crippen LogP contribution in [0.25, 0.3) is 0 Å². The standard InChI is InChI=1S/C20H35NO6/c1-20(2,3)27-19(23)21-15(12-24-4)8-9-16(21)13-26-17-10-6-14(7-11-17)18(22)25-5/h14-17H,6-13H2,1-5H3/t14?,15-,16+,17?/m1/s1. The zero-order valence-electron chi connectivity index (χ0n) is 17.4. The number of likely N-dealkylation sites (tertiary alicyclic amines) is 1. The van der Waals surface area contributed by atoms with Gasteiger partial charge in [0.2, 0.25) is 0 Å². The van der Waals surface area contributed by atoms with Crippen LogP contribution in [0.2, 0.25) is 0 Å². The Balaban J connectivity index is 1.88. The first-order valence-corrected chi connectivity index (χ1v) is 9.94. The average molecular weight is 386 g/mol. The monoisotopic (exact) mass is 385 g/mol. The number of carbonyl (C=O) groups is 2. The van der Waals surface area contributed by atoms with Crippen molar-refractivity contribution in [2.75, 3.05) is 27.4 Å². The van der Waals surface area contributed by atoms with E-state index in [0.717, 1.165) is 38.5 Å². The van der Waals surface area contributed by atoms with Crippen LogP contribution in [0.3, 0.4) is 0 Å². The molecule has 2 aliphatic rings. The summed E-state index contributed by atoms with van der Waals surface area (Å²) in [6.07, 6.45) is 4.88. The van der Waals surface area contributed by atoms with Gasteiger partial charge >= 0.3 is 12.1 Å². The SMILES string of the molecule is COC[C@H]1CC[C@@H](COC2CCC(C(=O)OC)CC2)N1C(=O)OC(C)(C)C. The van der Waals surface area contributed by atoms with E-state index in [9.17, 15) is 9.59 Å². The molecular weight excluding hydrogens is 350 g/mol. The zero-order valence-corrected chi connectivity index (χ0v) is 17.4. The largest absolute Gasteiger partial charge is 0.469 e. The highest BCUT2D eigenvalue weighted by molar-refractivity contribution is 5.72. The minimum Gasteiger partial charge on any atom is -0.469 e. The van der Waals surface area contributed by atoms with Crippen LogP contribution < -0.4 is 0 Å². The molecule has 0 unspecified atom stereocenters. The molecule has 1 amide bonds. The van der Waals surface area contributed by atoms with Crippen molar-refractivity contribution in [1.29, 1.82) is 0 Å². The first-order valence-electron chi connectivity index (χ1n) is 9.94. The molecule has 27 heavy (non-hydrogen) atoms. The molecule has 1 heterocycles. The molecule has 0 N–H and O–H groups in total. The van der Waals surface area contributed by atoms with Gasteiger partial charge in [-0.3, -0.25) is 9.69 Å². The van der Waals surface area contributed by atoms with E-state index in [2.05, 4.69) is 0 Å². The summed E-state index contributed by atoms with van der Waals surface area (Å²) in [5.74, 6) is -0.131. The van der Waals surface area contributed by atoms with Crippen LogP contribution in [0.1, 0.15) is 59.3 Å². The van der Waals surface area contributed by atoms with Crippen molar-refractivity contribution in [3.05, 3.63) is 0 Å². The number of esters is 1. The summed E-state index contributed by atoms with van der Waals surface area (Å²) in [5, 5.41) is 0. The topological polar surface area (TPSA) is 74.3 Å². The second kappa shape index (κ2) is 9.73. The van der Waals surface area contributed by atoms with Gasteiger partial charge in [0.25, 0.3) is 0 Å². The van der Waals surface area contributed by atoms with Gasteiger partial charge in [-0.15, -0.1) is 0 Å². The average Bonchev–Trinajstić information content (AvgIpc) is 3.01. The molecule has 2 fully saturated rings. The third-order valence-electron chi connectivity index (χ3n) is 5.32. The molecule has 0 aromatic rings. The lowest BCUT2D eigenvalue weighted by atomic mass is 9.87. The summed E-state index contributed by atoms with van der Waals surface area (Å²) >= 11 is 0. The number of hydrogen-bond donors (Lipinski definition) is 0. The van der Waals surface area contributed by atoms with E-state index in [0.29, 0.717) is 13.2 Å². The normalized spacial score (nSPS) is 28.9. The fraction of sp³-hybridized carbons (Fsp3) is 0.900. The molecule has 0 spiro atoms. The molecule has 7 nitrogen and oxygen atoms in total. The Hall–Kier alpha value is -1.34. The molecule has 1 saturated carbocycles. The van der Waals surface area contributed by atoms with Gasteiger partial charge in [-0.25, -0.2) is 4.79 Å². The van der Waals surface area contributed by atoms with Gasteiger partial charge in [-0.05, 0) is 59.3 Å². The number of methoxy groups -OCH3 is 2. The molecular formula is C20H35NO6. The molecule has 156 valence electrons. The smallest absolute Gasteiger partial charge is 0.410 e. The van der Waals surface area contributed by atoms with Crippen molar-refractivity contribution in [1.82, 2.24) is 4.90 Å². The van der Waals surface area contributed by atoms with E-state index in [1.807, 2.05) is 20.8 Å². The Labute approximate surface area is 162 Å². The fourth-order valence-corrected chi connectivity index (χ4v) is 3.97. The zero-order chi connectivity index (χ0) is 20.0. The summed E-state index contributed by atoms with van der Waals surface area (Å²) in [5.41, 5.74) is -0.533. The van der Waals surface area contributed by atoms with E-state index in [1.54, 1.807) is 12.0 Å². The summed E-state index contributed by atoms with van der Waals surface area (Å²) in [6, 6.07) is 0.0202. The van der Waals surface area contributed by atoms with E-state index in [1.165, 1.54) is 7.11 Å². The Morgan fingerprint density at radius 2 is 1.52 bits per heavy atom. The predicted molar refractivity (Wildman–Crippen MR) is 100 cm³/mol. The molecule has 1 aliphatic carbocycles. The third kappa shape index (κ3) is 6.35. The van der Waals surface area contributed by atoms with Crippen LogP contribution in [-0.4, -0.2) is 68.2 Å². The number of rotatable bonds is 6. The summed E-state index contributed by atoms with van der Waals surface area (Å²) in [6.45, 7) is 6.61. The first-order chi connectivity index (χ1) is 12.7. The third-order valence-corrected chi connectivity index (χ3v) is 5.32. The minimum absolute atomic E-state index is 0.00155. The lowest BCUT2D eigenvalue weighted by Gasteiger charge is -2.33. The van der Waals surface area contributed by atoms with Crippen LogP contribution in [0, 0.1) is 5.92 Å². The summed E-state index contributed by atoms with van der Waals surface area (Å²) in [4.78, 5) is 26.1. The van der Waals surface area contributed by atoms with Gasteiger partial charge in [-0.2, -0.15) is 0 Å². The van der Waals surface area contributed by atoms with E-state index in [4.69, 9.17) is 18.9 Å². The van der Waals surface area contributed by atoms with Gasteiger partial charge in [-0.1, -0.05) is 0 Å². The van der Waals surface area contributed by atoms with Crippen LogP contribution in [0.4, 0.5) is 4.79 Å². The van der Waals surface area contributed by atoms with E-state index in [-0.39, 0.29) is 36.2 Å². The maximum absolute atomic E-state index is 12.7. The Morgan fingerprint density at radius 1 is 0.926 bits per heavy atom. The van der Waals surface area contributed by atoms with Gasteiger partial charge < -0.3 is 18.9 Å². The highest BCUT2D eigenvalue weighted by atomic mass is 16.6. The Kier molecular flexibility index (Phi) is 7.91. The van der Waals surface area contributed by atoms with Crippen molar-refractivity contribution in [3.63, 3.8) is 0 Å². The number of hydrogen-bond acceptors (Lipinski definition) is 6. The van der Waals surface area contributed by atoms with Crippen LogP contribution >= 0.6 is 0 Å². The summed E-state index contributed by atoms with van der Waals surface area (Å²) in [7, 11) is 3.09. The Bertz CT molecular complexity index is 495. The molecule has 1 aliphatic heterocycles. The van der Waals surface area contributed by atoms with Crippen LogP contribution in [-0.2, 0) is 23.7 Å². The van der Waals surface area contributed by atoms with Gasteiger partial charge in [0, 0.05) is 7.11 Å². The van der Waals surface area contributed by atoms with Crippen LogP contribution in [0.15, 0.2) is 0 Å². The quantitative estimate of drug-likeness (QED) is 0.654. The van der Waals surface area contributed by atoms with Gasteiger partial charge in [0.05, 0.1) is 44.4 Å². The van der Waals surface area contributed by atoms with Gasteiger partial charge in [0.15, 0.2) is 0 Å². The number of amides is 1. The van der Waals surface area contributed by atoms with Crippen molar-refractivity contribution >= 4 is 12.1 Å². The maximum atomic E-state index is 12.7. The number of carbonyl (C=O) groups excluding carboxylic acids is 2. The van der Waals surface area contributed by atoms with Crippen molar-refractivity contribution < 1.29 is 28.5 Å². The van der Waals surface area contributed by atoms with E-state index >= 15 is 0 Å². The lowest BCUT2D eigenvalue weighted by molar-refractivity contribution is -0.147. The molecule has 0 aromatic carbocycles. The lowest BCUT2D eigenvalue weighted by Crippen LogP contribution is -2.47. The second-order valence-corrected chi connectivity index (χ2v) is 8.56. The molecule has 1 saturated heterocycles. The summed E-state index contributed by atoms with van der Waals surface area (Å²) < 4.78 is 21.8. The molecule has 2 rings (SSSR count). The first kappa shape index (κ1) is 22.0. The van der Waals surface area contributed by atoms with Gasteiger partial charge in [0.1, 0.15) is 5.60 Å². The highest BCUT2D eigenvalue weighted by Crippen LogP contribution is 2.30. The van der Waals surface area contributed by atoms with Crippen molar-refractivity contribution in [2.24, 2.45) is 5.92 Å². The number of ether oxygens (including phenoxy) is 4.